The third kappa shape index (κ3) is 7.88. The number of nitrogens with one attached hydrogen (secondary N) is 2. The van der Waals surface area contributed by atoms with Crippen molar-refractivity contribution >= 4 is 34.4 Å². The number of carbonyl (C=O) groups excluding carboxylic acids is 3. The lowest BCUT2D eigenvalue weighted by molar-refractivity contribution is -0.137. The van der Waals surface area contributed by atoms with Crippen LogP contribution in [0.25, 0.3) is 22.0 Å². The summed E-state index contributed by atoms with van der Waals surface area (Å²) in [5.74, 6) is -0.811. The maximum atomic E-state index is 13.6. The number of likely N-dealkylation sites (N-methyl/N-ethyl adjacent to an activating group) is 1. The standard InChI is InChI=1S/C38H35F3N4O3/c1-3-5-23-45(4-2)37(48)34(26-11-7-6-8-12-26)44-35(46)28-17-21-32-27(24-28)18-22-33(42-32)43-36(47)31-14-10-9-13-30(31)25-15-19-29(20-16-25)38(39,40)41/h6-22,24,34H,3-5,23H2,1-2H3,(H,44,46)(H,42,43,47). The molecule has 1 unspecified atom stereocenters. The van der Waals surface area contributed by atoms with E-state index in [1.807, 2.05) is 37.3 Å². The van der Waals surface area contributed by atoms with Gasteiger partial charge in [-0.2, -0.15) is 13.2 Å². The quantitative estimate of drug-likeness (QED) is 0.150. The largest absolute Gasteiger partial charge is 0.416 e. The van der Waals surface area contributed by atoms with Gasteiger partial charge in [0, 0.05) is 29.6 Å². The molecule has 5 aromatic rings. The number of pyridine rings is 1. The smallest absolute Gasteiger partial charge is 0.341 e. The number of amides is 3. The van der Waals surface area contributed by atoms with Gasteiger partial charge in [-0.15, -0.1) is 0 Å². The van der Waals surface area contributed by atoms with E-state index < -0.39 is 29.6 Å². The maximum Gasteiger partial charge on any atom is 0.416 e. The van der Waals surface area contributed by atoms with Gasteiger partial charge in [-0.25, -0.2) is 4.98 Å². The predicted molar refractivity (Wildman–Crippen MR) is 180 cm³/mol. The predicted octanol–water partition coefficient (Wildman–Crippen LogP) is 8.29. The summed E-state index contributed by atoms with van der Waals surface area (Å²) in [6.45, 7) is 5.11. The van der Waals surface area contributed by atoms with E-state index in [1.165, 1.54) is 12.1 Å². The molecule has 0 spiro atoms. The number of rotatable bonds is 11. The van der Waals surface area contributed by atoms with Gasteiger partial charge in [0.1, 0.15) is 11.9 Å². The fraction of sp³-hybridized carbons (Fsp3) is 0.211. The second kappa shape index (κ2) is 14.9. The first kappa shape index (κ1) is 33.8. The van der Waals surface area contributed by atoms with Crippen molar-refractivity contribution in [2.75, 3.05) is 18.4 Å². The number of halogens is 3. The third-order valence-corrected chi connectivity index (χ3v) is 8.02. The molecule has 7 nitrogen and oxygen atoms in total. The van der Waals surface area contributed by atoms with Crippen molar-refractivity contribution in [1.29, 1.82) is 0 Å². The highest BCUT2D eigenvalue weighted by Crippen LogP contribution is 2.32. The fourth-order valence-corrected chi connectivity index (χ4v) is 5.39. The van der Waals surface area contributed by atoms with Crippen LogP contribution in [0.15, 0.2) is 109 Å². The molecule has 0 aliphatic rings. The topological polar surface area (TPSA) is 91.4 Å². The van der Waals surface area contributed by atoms with E-state index in [9.17, 15) is 27.6 Å². The minimum atomic E-state index is -4.46. The fourth-order valence-electron chi connectivity index (χ4n) is 5.39. The molecule has 0 saturated carbocycles. The summed E-state index contributed by atoms with van der Waals surface area (Å²) in [4.78, 5) is 46.6. The Balaban J connectivity index is 1.33. The maximum absolute atomic E-state index is 13.6. The Bertz CT molecular complexity index is 1910. The number of unbranched alkanes of at least 4 members (excludes halogenated alkanes) is 1. The molecule has 1 aromatic heterocycles. The van der Waals surface area contributed by atoms with Crippen molar-refractivity contribution in [3.63, 3.8) is 0 Å². The summed E-state index contributed by atoms with van der Waals surface area (Å²) in [7, 11) is 0. The average molecular weight is 653 g/mol. The molecule has 5 rings (SSSR count). The van der Waals surface area contributed by atoms with Gasteiger partial charge < -0.3 is 15.5 Å². The van der Waals surface area contributed by atoms with Crippen LogP contribution in [0.2, 0.25) is 0 Å². The SMILES string of the molecule is CCCCN(CC)C(=O)C(NC(=O)c1ccc2nc(NC(=O)c3ccccc3-c3ccc(C(F)(F)F)cc3)ccc2c1)c1ccccc1. The number of hydrogen-bond acceptors (Lipinski definition) is 4. The zero-order valence-corrected chi connectivity index (χ0v) is 26.6. The molecule has 0 aliphatic heterocycles. The lowest BCUT2D eigenvalue weighted by Crippen LogP contribution is -2.43. The number of carbonyl (C=O) groups is 3. The van der Waals surface area contributed by atoms with E-state index in [0.717, 1.165) is 25.0 Å². The van der Waals surface area contributed by atoms with Gasteiger partial charge >= 0.3 is 6.18 Å². The van der Waals surface area contributed by atoms with Gasteiger partial charge in [0.2, 0.25) is 5.91 Å². The molecular weight excluding hydrogens is 617 g/mol. The molecule has 0 aliphatic carbocycles. The van der Waals surface area contributed by atoms with Crippen molar-refractivity contribution in [2.24, 2.45) is 0 Å². The van der Waals surface area contributed by atoms with Crippen LogP contribution in [-0.4, -0.2) is 40.7 Å². The van der Waals surface area contributed by atoms with Crippen molar-refractivity contribution in [1.82, 2.24) is 15.2 Å². The molecule has 2 N–H and O–H groups in total. The number of nitrogens with zero attached hydrogens (tertiary/aromatic N) is 2. The van der Waals surface area contributed by atoms with Gasteiger partial charge in [0.25, 0.3) is 11.8 Å². The Morgan fingerprint density at radius 3 is 2.21 bits per heavy atom. The lowest BCUT2D eigenvalue weighted by Gasteiger charge is -2.27. The molecule has 48 heavy (non-hydrogen) atoms. The van der Waals surface area contributed by atoms with Crippen molar-refractivity contribution in [2.45, 2.75) is 38.9 Å². The molecule has 0 radical (unpaired) electrons. The van der Waals surface area contributed by atoms with Gasteiger partial charge in [-0.05, 0) is 78.6 Å². The Kier molecular flexibility index (Phi) is 10.5. The number of hydrogen-bond donors (Lipinski definition) is 2. The van der Waals surface area contributed by atoms with E-state index in [4.69, 9.17) is 0 Å². The first-order chi connectivity index (χ1) is 23.1. The average Bonchev–Trinajstić information content (AvgIpc) is 3.10. The summed E-state index contributed by atoms with van der Waals surface area (Å²) in [6.07, 6.45) is -2.66. The molecule has 3 amide bonds. The van der Waals surface area contributed by atoms with Crippen molar-refractivity contribution < 1.29 is 27.6 Å². The van der Waals surface area contributed by atoms with Crippen molar-refractivity contribution in [3.8, 4) is 11.1 Å². The zero-order chi connectivity index (χ0) is 34.3. The molecule has 10 heteroatoms. The number of anilines is 1. The number of benzene rings is 4. The monoisotopic (exact) mass is 652 g/mol. The van der Waals surface area contributed by atoms with E-state index in [2.05, 4.69) is 22.5 Å². The number of fused-ring (bicyclic) bond motifs is 1. The molecule has 246 valence electrons. The number of alkyl halides is 3. The highest BCUT2D eigenvalue weighted by molar-refractivity contribution is 6.09. The molecule has 0 fully saturated rings. The van der Waals surface area contributed by atoms with Gasteiger partial charge in [-0.1, -0.05) is 74.0 Å². The summed E-state index contributed by atoms with van der Waals surface area (Å²) in [6, 6.07) is 27.8. The number of aromatic nitrogens is 1. The first-order valence-corrected chi connectivity index (χ1v) is 15.7. The van der Waals surface area contributed by atoms with Crippen LogP contribution in [-0.2, 0) is 11.0 Å². The Hall–Kier alpha value is -5.51. The normalized spacial score (nSPS) is 11.9. The van der Waals surface area contributed by atoms with Gasteiger partial charge in [0.05, 0.1) is 11.1 Å². The van der Waals surface area contributed by atoms with E-state index in [1.54, 1.807) is 59.5 Å². The first-order valence-electron chi connectivity index (χ1n) is 15.7. The van der Waals surface area contributed by atoms with E-state index in [0.29, 0.717) is 46.2 Å². The third-order valence-electron chi connectivity index (χ3n) is 8.02. The van der Waals surface area contributed by atoms with Crippen LogP contribution in [0.4, 0.5) is 19.0 Å². The van der Waals surface area contributed by atoms with E-state index >= 15 is 0 Å². The van der Waals surface area contributed by atoms with Crippen molar-refractivity contribution in [3.05, 3.63) is 131 Å². The molecule has 1 atom stereocenters. The highest BCUT2D eigenvalue weighted by Gasteiger charge is 2.30. The zero-order valence-electron chi connectivity index (χ0n) is 26.6. The summed E-state index contributed by atoms with van der Waals surface area (Å²) < 4.78 is 39.2. The van der Waals surface area contributed by atoms with Crippen LogP contribution < -0.4 is 10.6 Å². The van der Waals surface area contributed by atoms with Crippen LogP contribution in [0.5, 0.6) is 0 Å². The molecule has 4 aromatic carbocycles. The molecular formula is C38H35F3N4O3. The van der Waals surface area contributed by atoms with Gasteiger partial charge in [0.15, 0.2) is 0 Å². The second-order valence-electron chi connectivity index (χ2n) is 11.3. The minimum absolute atomic E-state index is 0.173. The van der Waals surface area contributed by atoms with Crippen LogP contribution in [0, 0.1) is 0 Å². The molecule has 0 saturated heterocycles. The van der Waals surface area contributed by atoms with Crippen LogP contribution in [0.1, 0.15) is 64.6 Å². The highest BCUT2D eigenvalue weighted by atomic mass is 19.4. The lowest BCUT2D eigenvalue weighted by atomic mass is 9.98. The summed E-state index contributed by atoms with van der Waals surface area (Å²) in [5, 5.41) is 6.34. The van der Waals surface area contributed by atoms with E-state index in [-0.39, 0.29) is 17.3 Å². The second-order valence-corrected chi connectivity index (χ2v) is 11.3. The van der Waals surface area contributed by atoms with Crippen LogP contribution in [0.3, 0.4) is 0 Å². The molecule has 0 bridgehead atoms. The molecule has 1 heterocycles. The Morgan fingerprint density at radius 1 is 0.812 bits per heavy atom. The summed E-state index contributed by atoms with van der Waals surface area (Å²) in [5.41, 5.74) is 1.98. The Labute approximate surface area is 276 Å². The van der Waals surface area contributed by atoms with Gasteiger partial charge in [-0.3, -0.25) is 14.4 Å². The van der Waals surface area contributed by atoms with Crippen LogP contribution >= 0.6 is 0 Å². The Morgan fingerprint density at radius 2 is 1.52 bits per heavy atom. The summed E-state index contributed by atoms with van der Waals surface area (Å²) >= 11 is 0. The minimum Gasteiger partial charge on any atom is -0.341 e.